The smallest absolute Gasteiger partial charge is 0.237 e. The largest absolute Gasteiger partial charge is 0.329 e. The fraction of sp³-hybridized carbons (Fsp3) is 0.889. The lowest BCUT2D eigenvalue weighted by Gasteiger charge is -2.14. The van der Waals surface area contributed by atoms with E-state index in [9.17, 15) is 4.79 Å². The minimum absolute atomic E-state index is 0.249. The highest BCUT2D eigenvalue weighted by Crippen LogP contribution is 2.05. The van der Waals surface area contributed by atoms with Crippen molar-refractivity contribution in [2.45, 2.75) is 26.7 Å². The molecule has 1 amide bonds. The number of nitrogens with one attached hydrogen (secondary N) is 1. The van der Waals surface area contributed by atoms with E-state index in [1.54, 1.807) is 0 Å². The third kappa shape index (κ3) is 2.81. The quantitative estimate of drug-likeness (QED) is 0.677. The molecule has 3 nitrogen and oxygen atoms in total. The molecule has 0 aromatic heterocycles. The second-order valence-corrected chi connectivity index (χ2v) is 3.78. The molecule has 1 heterocycles. The minimum Gasteiger partial charge on any atom is -0.329 e. The van der Waals surface area contributed by atoms with Gasteiger partial charge in [0.05, 0.1) is 13.2 Å². The highest BCUT2D eigenvalue weighted by Gasteiger charge is 2.18. The van der Waals surface area contributed by atoms with E-state index in [4.69, 9.17) is 0 Å². The molecule has 0 aromatic rings. The van der Waals surface area contributed by atoms with Crippen molar-refractivity contribution in [2.75, 3.05) is 19.8 Å². The molecule has 1 saturated heterocycles. The number of amides is 1. The van der Waals surface area contributed by atoms with Crippen LogP contribution in [0.4, 0.5) is 0 Å². The normalized spacial score (nSPS) is 17.9. The van der Waals surface area contributed by atoms with Gasteiger partial charge in [-0.25, -0.2) is 0 Å². The van der Waals surface area contributed by atoms with Gasteiger partial charge >= 0.3 is 0 Å². The van der Waals surface area contributed by atoms with E-state index in [1.165, 1.54) is 6.42 Å². The van der Waals surface area contributed by atoms with Gasteiger partial charge in [0.25, 0.3) is 0 Å². The van der Waals surface area contributed by atoms with Gasteiger partial charge in [0.15, 0.2) is 0 Å². The fourth-order valence-electron chi connectivity index (χ4n) is 1.39. The summed E-state index contributed by atoms with van der Waals surface area (Å²) in [4.78, 5) is 13.0. The van der Waals surface area contributed by atoms with Crippen LogP contribution < -0.4 is 5.32 Å². The Morgan fingerprint density at radius 1 is 1.58 bits per heavy atom. The average Bonchev–Trinajstić information content (AvgIpc) is 2.36. The highest BCUT2D eigenvalue weighted by molar-refractivity contribution is 5.79. The lowest BCUT2D eigenvalue weighted by Crippen LogP contribution is -2.27. The molecule has 12 heavy (non-hydrogen) atoms. The molecule has 0 atom stereocenters. The summed E-state index contributed by atoms with van der Waals surface area (Å²) in [6.45, 7) is 6.62. The summed E-state index contributed by atoms with van der Waals surface area (Å²) >= 11 is 0. The maximum atomic E-state index is 11.1. The number of nitrogens with zero attached hydrogens (tertiary/aromatic N) is 1. The molecule has 1 rings (SSSR count). The topological polar surface area (TPSA) is 32.3 Å². The van der Waals surface area contributed by atoms with E-state index in [0.717, 1.165) is 25.6 Å². The molecule has 0 aliphatic carbocycles. The first-order valence-corrected chi connectivity index (χ1v) is 4.68. The molecule has 0 bridgehead atoms. The van der Waals surface area contributed by atoms with Crippen molar-refractivity contribution in [2.24, 2.45) is 5.92 Å². The Morgan fingerprint density at radius 2 is 2.33 bits per heavy atom. The third-order valence-electron chi connectivity index (χ3n) is 2.14. The summed E-state index contributed by atoms with van der Waals surface area (Å²) in [5.74, 6) is 0.995. The van der Waals surface area contributed by atoms with E-state index in [2.05, 4.69) is 19.2 Å². The van der Waals surface area contributed by atoms with Crippen molar-refractivity contribution in [3.8, 4) is 0 Å². The molecular weight excluding hydrogens is 152 g/mol. The van der Waals surface area contributed by atoms with Gasteiger partial charge in [-0.2, -0.15) is 0 Å². The molecule has 0 unspecified atom stereocenters. The van der Waals surface area contributed by atoms with Gasteiger partial charge in [-0.1, -0.05) is 13.8 Å². The molecule has 1 fully saturated rings. The van der Waals surface area contributed by atoms with Crippen LogP contribution in [0, 0.1) is 5.92 Å². The Kier molecular flexibility index (Phi) is 3.53. The SMILES string of the molecule is CC(C)CCCN1CNCC1=O. The first-order chi connectivity index (χ1) is 5.70. The molecule has 0 spiro atoms. The summed E-state index contributed by atoms with van der Waals surface area (Å²) in [5.41, 5.74) is 0. The summed E-state index contributed by atoms with van der Waals surface area (Å²) < 4.78 is 0. The molecule has 1 aliphatic rings. The van der Waals surface area contributed by atoms with Crippen molar-refractivity contribution in [1.82, 2.24) is 10.2 Å². The zero-order valence-corrected chi connectivity index (χ0v) is 7.97. The van der Waals surface area contributed by atoms with Crippen molar-refractivity contribution >= 4 is 5.91 Å². The Labute approximate surface area is 74.1 Å². The van der Waals surface area contributed by atoms with Crippen molar-refractivity contribution in [3.63, 3.8) is 0 Å². The number of hydrogen-bond donors (Lipinski definition) is 1. The molecule has 70 valence electrons. The van der Waals surface area contributed by atoms with E-state index in [0.29, 0.717) is 6.54 Å². The Balaban J connectivity index is 2.10. The zero-order chi connectivity index (χ0) is 8.97. The average molecular weight is 170 g/mol. The van der Waals surface area contributed by atoms with Crippen molar-refractivity contribution in [1.29, 1.82) is 0 Å². The lowest BCUT2D eigenvalue weighted by atomic mass is 10.1. The molecule has 0 saturated carbocycles. The first kappa shape index (κ1) is 9.52. The summed E-state index contributed by atoms with van der Waals surface area (Å²) in [6.07, 6.45) is 2.34. The van der Waals surface area contributed by atoms with Crippen LogP contribution in [0.3, 0.4) is 0 Å². The lowest BCUT2D eigenvalue weighted by molar-refractivity contribution is -0.126. The second kappa shape index (κ2) is 4.45. The van der Waals surface area contributed by atoms with Gasteiger partial charge in [0, 0.05) is 6.54 Å². The predicted octanol–water partition coefficient (Wildman–Crippen LogP) is 0.812. The van der Waals surface area contributed by atoms with E-state index in [1.807, 2.05) is 4.90 Å². The molecule has 1 N–H and O–H groups in total. The molecule has 1 aliphatic heterocycles. The van der Waals surface area contributed by atoms with Crippen LogP contribution >= 0.6 is 0 Å². The van der Waals surface area contributed by atoms with Gasteiger partial charge in [0.2, 0.25) is 5.91 Å². The number of carbonyl (C=O) groups excluding carboxylic acids is 1. The van der Waals surface area contributed by atoms with E-state index in [-0.39, 0.29) is 5.91 Å². The van der Waals surface area contributed by atoms with Gasteiger partial charge in [-0.15, -0.1) is 0 Å². The standard InChI is InChI=1S/C9H18N2O/c1-8(2)4-3-5-11-7-10-6-9(11)12/h8,10H,3-7H2,1-2H3. The minimum atomic E-state index is 0.249. The van der Waals surface area contributed by atoms with Gasteiger partial charge in [-0.3, -0.25) is 10.1 Å². The van der Waals surface area contributed by atoms with E-state index < -0.39 is 0 Å². The van der Waals surface area contributed by atoms with Crippen LogP contribution in [0.25, 0.3) is 0 Å². The molecule has 0 aromatic carbocycles. The fourth-order valence-corrected chi connectivity index (χ4v) is 1.39. The van der Waals surface area contributed by atoms with Crippen molar-refractivity contribution in [3.05, 3.63) is 0 Å². The second-order valence-electron chi connectivity index (χ2n) is 3.78. The molecule has 0 radical (unpaired) electrons. The number of hydrogen-bond acceptors (Lipinski definition) is 2. The number of carbonyl (C=O) groups is 1. The summed E-state index contributed by atoms with van der Waals surface area (Å²) in [6, 6.07) is 0. The van der Waals surface area contributed by atoms with Crippen LogP contribution in [0.5, 0.6) is 0 Å². The Bertz CT molecular complexity index is 157. The van der Waals surface area contributed by atoms with Crippen LogP contribution in [0.2, 0.25) is 0 Å². The summed E-state index contributed by atoms with van der Waals surface area (Å²) in [5, 5.41) is 3.04. The van der Waals surface area contributed by atoms with Crippen LogP contribution in [0.1, 0.15) is 26.7 Å². The maximum Gasteiger partial charge on any atom is 0.237 e. The summed E-state index contributed by atoms with van der Waals surface area (Å²) in [7, 11) is 0. The zero-order valence-electron chi connectivity index (χ0n) is 7.97. The van der Waals surface area contributed by atoms with Crippen LogP contribution in [-0.4, -0.2) is 30.6 Å². The molecular formula is C9H18N2O. The van der Waals surface area contributed by atoms with E-state index >= 15 is 0 Å². The Hall–Kier alpha value is -0.570. The van der Waals surface area contributed by atoms with Gasteiger partial charge < -0.3 is 4.90 Å². The van der Waals surface area contributed by atoms with Crippen LogP contribution in [-0.2, 0) is 4.79 Å². The monoisotopic (exact) mass is 170 g/mol. The first-order valence-electron chi connectivity index (χ1n) is 4.68. The maximum absolute atomic E-state index is 11.1. The number of rotatable bonds is 4. The van der Waals surface area contributed by atoms with Gasteiger partial charge in [0.1, 0.15) is 0 Å². The Morgan fingerprint density at radius 3 is 2.83 bits per heavy atom. The van der Waals surface area contributed by atoms with Crippen molar-refractivity contribution < 1.29 is 4.79 Å². The van der Waals surface area contributed by atoms with Crippen LogP contribution in [0.15, 0.2) is 0 Å². The van der Waals surface area contributed by atoms with Gasteiger partial charge in [-0.05, 0) is 18.8 Å². The predicted molar refractivity (Wildman–Crippen MR) is 48.7 cm³/mol. The third-order valence-corrected chi connectivity index (χ3v) is 2.14. The highest BCUT2D eigenvalue weighted by atomic mass is 16.2. The molecule has 3 heteroatoms.